The first-order valence-electron chi connectivity index (χ1n) is 9.68. The van der Waals surface area contributed by atoms with Gasteiger partial charge in [0.15, 0.2) is 0 Å². The molecule has 0 aliphatic carbocycles. The molecule has 0 radical (unpaired) electrons. The number of hydrogen-bond acceptors (Lipinski definition) is 0. The summed E-state index contributed by atoms with van der Waals surface area (Å²) < 4.78 is 4.69. The number of fused-ring (bicyclic) bond motifs is 7. The molecule has 28 heavy (non-hydrogen) atoms. The van der Waals surface area contributed by atoms with Crippen molar-refractivity contribution in [2.24, 2.45) is 14.1 Å². The Balaban J connectivity index is 1.99. The number of nitrogens with zero attached hydrogens (tertiary/aromatic N) is 2. The highest BCUT2D eigenvalue weighted by atomic mass is 15.0. The van der Waals surface area contributed by atoms with Gasteiger partial charge in [0.05, 0.1) is 11.0 Å². The van der Waals surface area contributed by atoms with Crippen LogP contribution >= 0.6 is 0 Å². The number of rotatable bonds is 1. The van der Waals surface area contributed by atoms with Crippen LogP contribution in [0.5, 0.6) is 0 Å². The van der Waals surface area contributed by atoms with Gasteiger partial charge in [-0.15, -0.1) is 0 Å². The molecule has 0 spiro atoms. The van der Waals surface area contributed by atoms with E-state index in [-0.39, 0.29) is 0 Å². The predicted molar refractivity (Wildman–Crippen MR) is 120 cm³/mol. The Hall–Kier alpha value is -3.52. The number of aromatic nitrogens is 2. The van der Waals surface area contributed by atoms with Crippen molar-refractivity contribution in [3.05, 3.63) is 84.9 Å². The third kappa shape index (κ3) is 1.87. The summed E-state index contributed by atoms with van der Waals surface area (Å²) in [7, 11) is 4.37. The van der Waals surface area contributed by atoms with E-state index in [9.17, 15) is 0 Å². The molecule has 2 heteroatoms. The van der Waals surface area contributed by atoms with Crippen molar-refractivity contribution in [2.45, 2.75) is 0 Å². The Morgan fingerprint density at radius 1 is 0.536 bits per heavy atom. The Bertz CT molecular complexity index is 1510. The molecule has 0 unspecified atom stereocenters. The van der Waals surface area contributed by atoms with Crippen LogP contribution in [0.4, 0.5) is 0 Å². The van der Waals surface area contributed by atoms with E-state index in [4.69, 9.17) is 0 Å². The Labute approximate surface area is 163 Å². The van der Waals surface area contributed by atoms with Crippen molar-refractivity contribution in [2.75, 3.05) is 0 Å². The quantitative estimate of drug-likeness (QED) is 0.311. The normalized spacial score (nSPS) is 11.9. The lowest BCUT2D eigenvalue weighted by atomic mass is 9.98. The third-order valence-corrected chi connectivity index (χ3v) is 6.13. The van der Waals surface area contributed by atoms with Crippen LogP contribution in [-0.4, -0.2) is 9.13 Å². The fourth-order valence-electron chi connectivity index (χ4n) is 4.85. The van der Waals surface area contributed by atoms with Crippen molar-refractivity contribution in [3.63, 3.8) is 0 Å². The van der Waals surface area contributed by atoms with E-state index in [0.717, 1.165) is 0 Å². The second-order valence-electron chi connectivity index (χ2n) is 7.56. The highest BCUT2D eigenvalue weighted by Gasteiger charge is 2.20. The van der Waals surface area contributed by atoms with Crippen LogP contribution in [-0.2, 0) is 14.1 Å². The standard InChI is InChI=1S/C26H20N2/c1-27-21-14-8-6-12-18(21)24-23(27)16-20(17-10-4-3-5-11-17)26-25(24)19-13-7-9-15-22(19)28(26)2/h3-16H,1-2H3. The van der Waals surface area contributed by atoms with Gasteiger partial charge in [-0.2, -0.15) is 0 Å². The molecule has 0 amide bonds. The molecule has 0 bridgehead atoms. The zero-order valence-corrected chi connectivity index (χ0v) is 16.0. The van der Waals surface area contributed by atoms with E-state index < -0.39 is 0 Å². The molecule has 2 nitrogen and oxygen atoms in total. The van der Waals surface area contributed by atoms with Gasteiger partial charge in [0.2, 0.25) is 0 Å². The minimum absolute atomic E-state index is 1.26. The fourth-order valence-corrected chi connectivity index (χ4v) is 4.85. The lowest BCUT2D eigenvalue weighted by molar-refractivity contribution is 1.01. The Kier molecular flexibility index (Phi) is 3.05. The molecule has 0 fully saturated rings. The number of hydrogen-bond donors (Lipinski definition) is 0. The predicted octanol–water partition coefficient (Wildman–Crippen LogP) is 6.64. The number of para-hydroxylation sites is 2. The summed E-state index contributed by atoms with van der Waals surface area (Å²) >= 11 is 0. The molecule has 134 valence electrons. The molecule has 4 aromatic carbocycles. The summed E-state index contributed by atoms with van der Waals surface area (Å²) in [6.45, 7) is 0. The van der Waals surface area contributed by atoms with Gasteiger partial charge in [-0.05, 0) is 23.8 Å². The Morgan fingerprint density at radius 3 is 1.82 bits per heavy atom. The van der Waals surface area contributed by atoms with E-state index in [1.807, 2.05) is 0 Å². The van der Waals surface area contributed by atoms with Gasteiger partial charge in [0.25, 0.3) is 0 Å². The molecule has 0 aliphatic heterocycles. The second-order valence-corrected chi connectivity index (χ2v) is 7.56. The maximum Gasteiger partial charge on any atom is 0.0576 e. The van der Waals surface area contributed by atoms with Crippen LogP contribution in [0.3, 0.4) is 0 Å². The fraction of sp³-hybridized carbons (Fsp3) is 0.0769. The van der Waals surface area contributed by atoms with Crippen LogP contribution in [0, 0.1) is 0 Å². The average Bonchev–Trinajstić information content (AvgIpc) is 3.21. The largest absolute Gasteiger partial charge is 0.344 e. The molecule has 0 saturated carbocycles. The molecule has 6 rings (SSSR count). The number of benzene rings is 4. The van der Waals surface area contributed by atoms with E-state index in [2.05, 4.69) is 108 Å². The molecular weight excluding hydrogens is 340 g/mol. The maximum absolute atomic E-state index is 2.37. The highest BCUT2D eigenvalue weighted by molar-refractivity contribution is 6.30. The summed E-state index contributed by atoms with van der Waals surface area (Å²) in [4.78, 5) is 0. The van der Waals surface area contributed by atoms with E-state index in [1.165, 1.54) is 54.7 Å². The molecule has 0 saturated heterocycles. The van der Waals surface area contributed by atoms with Gasteiger partial charge < -0.3 is 9.13 Å². The van der Waals surface area contributed by atoms with Crippen molar-refractivity contribution < 1.29 is 0 Å². The summed E-state index contributed by atoms with van der Waals surface area (Å²) in [6.07, 6.45) is 0. The summed E-state index contributed by atoms with van der Waals surface area (Å²) in [5, 5.41) is 5.34. The van der Waals surface area contributed by atoms with E-state index in [1.54, 1.807) is 0 Å². The SMILES string of the molecule is Cn1c2ccccc2c2c3c4ccccc4n(C)c3c(-c3ccccc3)cc21. The first-order chi connectivity index (χ1) is 13.8. The molecule has 0 aliphatic rings. The molecular formula is C26H20N2. The third-order valence-electron chi connectivity index (χ3n) is 6.13. The smallest absolute Gasteiger partial charge is 0.0576 e. The second kappa shape index (κ2) is 5.49. The van der Waals surface area contributed by atoms with Crippen LogP contribution in [0.15, 0.2) is 84.9 Å². The van der Waals surface area contributed by atoms with Crippen LogP contribution in [0.25, 0.3) is 54.7 Å². The summed E-state index contributed by atoms with van der Waals surface area (Å²) in [6, 6.07) is 30.6. The first-order valence-corrected chi connectivity index (χ1v) is 9.68. The van der Waals surface area contributed by atoms with Crippen molar-refractivity contribution in [1.82, 2.24) is 9.13 Å². The minimum atomic E-state index is 1.26. The topological polar surface area (TPSA) is 9.86 Å². The van der Waals surface area contributed by atoms with Gasteiger partial charge in [-0.25, -0.2) is 0 Å². The monoisotopic (exact) mass is 360 g/mol. The zero-order valence-electron chi connectivity index (χ0n) is 16.0. The van der Waals surface area contributed by atoms with E-state index >= 15 is 0 Å². The lowest BCUT2D eigenvalue weighted by Gasteiger charge is -2.09. The lowest BCUT2D eigenvalue weighted by Crippen LogP contribution is -1.92. The van der Waals surface area contributed by atoms with Crippen molar-refractivity contribution in [1.29, 1.82) is 0 Å². The maximum atomic E-state index is 2.37. The molecule has 0 atom stereocenters. The van der Waals surface area contributed by atoms with Gasteiger partial charge in [-0.1, -0.05) is 66.7 Å². The van der Waals surface area contributed by atoms with Gasteiger partial charge in [0, 0.05) is 52.2 Å². The van der Waals surface area contributed by atoms with Crippen LogP contribution in [0.1, 0.15) is 0 Å². The average molecular weight is 360 g/mol. The first kappa shape index (κ1) is 15.5. The molecule has 2 heterocycles. The molecule has 0 N–H and O–H groups in total. The number of aryl methyl sites for hydroxylation is 2. The van der Waals surface area contributed by atoms with Gasteiger partial charge in [-0.3, -0.25) is 0 Å². The van der Waals surface area contributed by atoms with Gasteiger partial charge in [0.1, 0.15) is 0 Å². The molecule has 2 aromatic heterocycles. The van der Waals surface area contributed by atoms with E-state index in [0.29, 0.717) is 0 Å². The van der Waals surface area contributed by atoms with Crippen LogP contribution in [0.2, 0.25) is 0 Å². The molecule has 6 aromatic rings. The van der Waals surface area contributed by atoms with Crippen LogP contribution < -0.4 is 0 Å². The summed E-state index contributed by atoms with van der Waals surface area (Å²) in [5.74, 6) is 0. The Morgan fingerprint density at radius 2 is 1.11 bits per heavy atom. The van der Waals surface area contributed by atoms with Crippen molar-refractivity contribution in [3.8, 4) is 11.1 Å². The minimum Gasteiger partial charge on any atom is -0.344 e. The van der Waals surface area contributed by atoms with Crippen molar-refractivity contribution >= 4 is 43.6 Å². The highest BCUT2D eigenvalue weighted by Crippen LogP contribution is 2.43. The zero-order chi connectivity index (χ0) is 18.8. The van der Waals surface area contributed by atoms with Gasteiger partial charge >= 0.3 is 0 Å². The summed E-state index contributed by atoms with van der Waals surface area (Å²) in [5.41, 5.74) is 7.67.